The third-order valence-electron chi connectivity index (χ3n) is 3.05. The van der Waals surface area contributed by atoms with Crippen LogP contribution in [0.3, 0.4) is 0 Å². The number of nitrogens with two attached hydrogens (primary N) is 1. The molecule has 1 aliphatic rings. The smallest absolute Gasteiger partial charge is 0.157 e. The topological polar surface area (TPSA) is 69.4 Å². The van der Waals surface area contributed by atoms with Gasteiger partial charge >= 0.3 is 0 Å². The fraction of sp³-hybridized carbons (Fsp3) is 0.538. The van der Waals surface area contributed by atoms with E-state index in [1.807, 2.05) is 24.3 Å². The largest absolute Gasteiger partial charge is 0.488 e. The van der Waals surface area contributed by atoms with Crippen molar-refractivity contribution in [1.29, 1.82) is 0 Å². The Labute approximate surface area is 108 Å². The molecular weight excluding hydrogens is 250 g/mol. The lowest BCUT2D eigenvalue weighted by atomic mass is 10.1. The van der Waals surface area contributed by atoms with Gasteiger partial charge in [-0.05, 0) is 37.4 Å². The Balaban J connectivity index is 1.95. The van der Waals surface area contributed by atoms with E-state index in [1.165, 1.54) is 0 Å². The second-order valence-electron chi connectivity index (χ2n) is 4.67. The van der Waals surface area contributed by atoms with Crippen molar-refractivity contribution in [3.8, 4) is 5.75 Å². The Morgan fingerprint density at radius 3 is 2.61 bits per heavy atom. The van der Waals surface area contributed by atoms with Gasteiger partial charge in [0.1, 0.15) is 11.9 Å². The van der Waals surface area contributed by atoms with Crippen LogP contribution >= 0.6 is 0 Å². The van der Waals surface area contributed by atoms with Crippen LogP contribution in [0, 0.1) is 0 Å². The minimum absolute atomic E-state index is 0.143. The lowest BCUT2D eigenvalue weighted by Crippen LogP contribution is -2.45. The molecule has 1 aromatic rings. The second kappa shape index (κ2) is 5.71. The molecule has 1 aliphatic heterocycles. The fourth-order valence-corrected chi connectivity index (χ4v) is 3.22. The van der Waals surface area contributed by atoms with Gasteiger partial charge in [0.15, 0.2) is 9.84 Å². The molecule has 0 aromatic heterocycles. The van der Waals surface area contributed by atoms with E-state index in [1.54, 1.807) is 0 Å². The van der Waals surface area contributed by atoms with Crippen LogP contribution in [-0.2, 0) is 16.3 Å². The first-order valence-corrected chi connectivity index (χ1v) is 8.08. The zero-order chi connectivity index (χ0) is 13.0. The predicted molar refractivity (Wildman–Crippen MR) is 71.5 cm³/mol. The molecule has 0 aliphatic carbocycles. The van der Waals surface area contributed by atoms with Crippen molar-refractivity contribution in [3.63, 3.8) is 0 Å². The SMILES string of the molecule is NCCCCc1ccccc1OC1CS(=O)(=O)C1. The van der Waals surface area contributed by atoms with E-state index < -0.39 is 9.84 Å². The summed E-state index contributed by atoms with van der Waals surface area (Å²) in [6, 6.07) is 7.82. The van der Waals surface area contributed by atoms with Crippen LogP contribution < -0.4 is 10.5 Å². The molecule has 0 spiro atoms. The number of rotatable bonds is 6. The summed E-state index contributed by atoms with van der Waals surface area (Å²) < 4.78 is 27.9. The van der Waals surface area contributed by atoms with E-state index >= 15 is 0 Å². The summed E-state index contributed by atoms with van der Waals surface area (Å²) in [5.74, 6) is 1.10. The van der Waals surface area contributed by atoms with Crippen molar-refractivity contribution < 1.29 is 13.2 Å². The average molecular weight is 269 g/mol. The van der Waals surface area contributed by atoms with Gasteiger partial charge in [0.05, 0.1) is 11.5 Å². The molecule has 1 heterocycles. The Bertz CT molecular complexity index is 487. The first-order chi connectivity index (χ1) is 8.61. The van der Waals surface area contributed by atoms with E-state index in [9.17, 15) is 8.42 Å². The van der Waals surface area contributed by atoms with Crippen molar-refractivity contribution in [2.45, 2.75) is 25.4 Å². The summed E-state index contributed by atoms with van der Waals surface area (Å²) in [7, 11) is -2.83. The van der Waals surface area contributed by atoms with Gasteiger partial charge in [-0.2, -0.15) is 0 Å². The summed E-state index contributed by atoms with van der Waals surface area (Å²) in [4.78, 5) is 0. The summed E-state index contributed by atoms with van der Waals surface area (Å²) in [6.45, 7) is 0.698. The second-order valence-corrected chi connectivity index (χ2v) is 6.82. The Hall–Kier alpha value is -1.07. The van der Waals surface area contributed by atoms with Gasteiger partial charge < -0.3 is 10.5 Å². The fourth-order valence-electron chi connectivity index (χ4n) is 2.05. The molecular formula is C13H19NO3S. The molecule has 0 bridgehead atoms. The zero-order valence-electron chi connectivity index (χ0n) is 10.3. The molecule has 100 valence electrons. The van der Waals surface area contributed by atoms with Crippen LogP contribution in [0.5, 0.6) is 5.75 Å². The molecule has 1 fully saturated rings. The van der Waals surface area contributed by atoms with Crippen molar-refractivity contribution in [1.82, 2.24) is 0 Å². The molecule has 1 aromatic carbocycles. The van der Waals surface area contributed by atoms with Crippen molar-refractivity contribution >= 4 is 9.84 Å². The number of sulfone groups is 1. The van der Waals surface area contributed by atoms with E-state index in [2.05, 4.69) is 0 Å². The number of hydrogen-bond acceptors (Lipinski definition) is 4. The molecule has 0 amide bonds. The quantitative estimate of drug-likeness (QED) is 0.786. The monoisotopic (exact) mass is 269 g/mol. The number of hydrogen-bond donors (Lipinski definition) is 1. The summed E-state index contributed by atoms with van der Waals surface area (Å²) in [6.07, 6.45) is 2.77. The molecule has 18 heavy (non-hydrogen) atoms. The van der Waals surface area contributed by atoms with Crippen LogP contribution in [0.2, 0.25) is 0 Å². The van der Waals surface area contributed by atoms with Gasteiger partial charge in [0, 0.05) is 0 Å². The maximum absolute atomic E-state index is 11.1. The number of unbranched alkanes of at least 4 members (excludes halogenated alkanes) is 1. The average Bonchev–Trinajstić information content (AvgIpc) is 2.29. The summed E-state index contributed by atoms with van der Waals surface area (Å²) in [5, 5.41) is 0. The third-order valence-corrected chi connectivity index (χ3v) is 4.81. The van der Waals surface area contributed by atoms with Crippen molar-refractivity contribution in [2.75, 3.05) is 18.1 Å². The highest BCUT2D eigenvalue weighted by Crippen LogP contribution is 2.24. The van der Waals surface area contributed by atoms with Gasteiger partial charge in [0.25, 0.3) is 0 Å². The van der Waals surface area contributed by atoms with E-state index in [-0.39, 0.29) is 17.6 Å². The highest BCUT2D eigenvalue weighted by atomic mass is 32.2. The number of aryl methyl sites for hydroxylation is 1. The molecule has 0 unspecified atom stereocenters. The molecule has 5 heteroatoms. The van der Waals surface area contributed by atoms with Gasteiger partial charge in [-0.25, -0.2) is 8.42 Å². The number of benzene rings is 1. The maximum Gasteiger partial charge on any atom is 0.157 e. The molecule has 0 radical (unpaired) electrons. The molecule has 2 rings (SSSR count). The third kappa shape index (κ3) is 3.46. The minimum atomic E-state index is -2.83. The first kappa shape index (κ1) is 13.4. The van der Waals surface area contributed by atoms with E-state index in [4.69, 9.17) is 10.5 Å². The number of para-hydroxylation sites is 1. The summed E-state index contributed by atoms with van der Waals surface area (Å²) >= 11 is 0. The Kier molecular flexibility index (Phi) is 4.24. The van der Waals surface area contributed by atoms with Crippen LogP contribution in [0.15, 0.2) is 24.3 Å². The maximum atomic E-state index is 11.1. The zero-order valence-corrected chi connectivity index (χ0v) is 11.2. The minimum Gasteiger partial charge on any atom is -0.488 e. The first-order valence-electron chi connectivity index (χ1n) is 6.26. The van der Waals surface area contributed by atoms with Crippen LogP contribution in [0.4, 0.5) is 0 Å². The number of ether oxygens (including phenoxy) is 1. The van der Waals surface area contributed by atoms with Crippen LogP contribution in [-0.4, -0.2) is 32.6 Å². The Morgan fingerprint density at radius 1 is 1.22 bits per heavy atom. The van der Waals surface area contributed by atoms with Crippen LogP contribution in [0.25, 0.3) is 0 Å². The van der Waals surface area contributed by atoms with Gasteiger partial charge in [-0.15, -0.1) is 0 Å². The standard InChI is InChI=1S/C13H19NO3S/c14-8-4-3-6-11-5-1-2-7-13(11)17-12-9-18(15,16)10-12/h1-2,5,7,12H,3-4,6,8-10,14H2. The highest BCUT2D eigenvalue weighted by molar-refractivity contribution is 7.92. The lowest BCUT2D eigenvalue weighted by Gasteiger charge is -2.27. The lowest BCUT2D eigenvalue weighted by molar-refractivity contribution is 0.228. The molecule has 0 saturated carbocycles. The van der Waals surface area contributed by atoms with Gasteiger partial charge in [0.2, 0.25) is 0 Å². The van der Waals surface area contributed by atoms with Crippen molar-refractivity contribution in [2.24, 2.45) is 5.73 Å². The van der Waals surface area contributed by atoms with Gasteiger partial charge in [-0.1, -0.05) is 18.2 Å². The van der Waals surface area contributed by atoms with E-state index in [0.29, 0.717) is 6.54 Å². The Morgan fingerprint density at radius 2 is 1.94 bits per heavy atom. The summed E-state index contributed by atoms with van der Waals surface area (Å²) in [5.41, 5.74) is 6.61. The molecule has 0 atom stereocenters. The molecule has 1 saturated heterocycles. The highest BCUT2D eigenvalue weighted by Gasteiger charge is 2.35. The van der Waals surface area contributed by atoms with Crippen LogP contribution in [0.1, 0.15) is 18.4 Å². The molecule has 2 N–H and O–H groups in total. The normalized spacial score (nSPS) is 18.3. The molecule has 4 nitrogen and oxygen atoms in total. The predicted octanol–water partition coefficient (Wildman–Crippen LogP) is 1.14. The van der Waals surface area contributed by atoms with Gasteiger partial charge in [-0.3, -0.25) is 0 Å². The van der Waals surface area contributed by atoms with E-state index in [0.717, 1.165) is 30.6 Å². The van der Waals surface area contributed by atoms with Crippen molar-refractivity contribution in [3.05, 3.63) is 29.8 Å².